The van der Waals surface area contributed by atoms with E-state index in [1.165, 1.54) is 0 Å². The molecule has 6 nitrogen and oxygen atoms in total. The van der Waals surface area contributed by atoms with Crippen molar-refractivity contribution in [2.24, 2.45) is 0 Å². The zero-order valence-electron chi connectivity index (χ0n) is 26.5. The van der Waals surface area contributed by atoms with Gasteiger partial charge in [0.25, 0.3) is 0 Å². The fourth-order valence-corrected chi connectivity index (χ4v) is 7.26. The molecule has 0 saturated carbocycles. The van der Waals surface area contributed by atoms with Crippen LogP contribution < -0.4 is 0 Å². The van der Waals surface area contributed by atoms with Crippen molar-refractivity contribution in [1.29, 1.82) is 0 Å². The van der Waals surface area contributed by atoms with Crippen LogP contribution in [-0.4, -0.2) is 19.9 Å². The Balaban J connectivity index is 1.18. The first-order valence-corrected chi connectivity index (χ1v) is 16.5. The fourth-order valence-electron chi connectivity index (χ4n) is 7.26. The highest BCUT2D eigenvalue weighted by atomic mass is 16.3. The molecule has 3 heterocycles. The summed E-state index contributed by atoms with van der Waals surface area (Å²) in [6.45, 7) is 0. The van der Waals surface area contributed by atoms with Gasteiger partial charge >= 0.3 is 0 Å². The van der Waals surface area contributed by atoms with Gasteiger partial charge in [0.1, 0.15) is 16.7 Å². The van der Waals surface area contributed by atoms with E-state index in [0.29, 0.717) is 23.4 Å². The molecule has 0 spiro atoms. The summed E-state index contributed by atoms with van der Waals surface area (Å²) in [6.07, 6.45) is 0. The maximum atomic E-state index is 6.52. The van der Waals surface area contributed by atoms with Gasteiger partial charge in [-0.3, -0.25) is 0 Å². The number of hydrogen-bond donors (Lipinski definition) is 0. The van der Waals surface area contributed by atoms with Crippen molar-refractivity contribution in [2.45, 2.75) is 0 Å². The zero-order chi connectivity index (χ0) is 32.8. The number of fused-ring (bicyclic) bond motifs is 5. The second kappa shape index (κ2) is 10.3. The topological polar surface area (TPSA) is 77.8 Å². The van der Waals surface area contributed by atoms with Crippen LogP contribution in [0.2, 0.25) is 0 Å². The minimum absolute atomic E-state index is 0.545. The summed E-state index contributed by atoms with van der Waals surface area (Å²) in [7, 11) is 0. The predicted molar refractivity (Wildman–Crippen MR) is 200 cm³/mol. The molecule has 0 N–H and O–H groups in total. The Morgan fingerprint density at radius 2 is 0.960 bits per heavy atom. The van der Waals surface area contributed by atoms with Crippen LogP contribution in [0.4, 0.5) is 0 Å². The number of furan rings is 1. The third-order valence-corrected chi connectivity index (χ3v) is 9.65. The molecule has 0 saturated heterocycles. The highest BCUT2D eigenvalue weighted by Crippen LogP contribution is 2.45. The molecule has 0 aliphatic carbocycles. The van der Waals surface area contributed by atoms with Crippen molar-refractivity contribution < 1.29 is 8.83 Å². The van der Waals surface area contributed by atoms with E-state index in [1.54, 1.807) is 0 Å². The van der Waals surface area contributed by atoms with E-state index >= 15 is 0 Å². The molecule has 0 aliphatic rings. The maximum Gasteiger partial charge on any atom is 0.227 e. The van der Waals surface area contributed by atoms with E-state index in [2.05, 4.69) is 72.8 Å². The maximum absolute atomic E-state index is 6.52. The number of benzene rings is 8. The quantitative estimate of drug-likeness (QED) is 0.178. The minimum Gasteiger partial charge on any atom is -0.456 e. The minimum atomic E-state index is 0.545. The molecular weight excluding hydrogens is 617 g/mol. The molecular formula is C44H24N4O2. The van der Waals surface area contributed by atoms with Gasteiger partial charge < -0.3 is 8.83 Å². The molecule has 232 valence electrons. The van der Waals surface area contributed by atoms with Gasteiger partial charge in [-0.1, -0.05) is 103 Å². The lowest BCUT2D eigenvalue weighted by Gasteiger charge is -2.10. The van der Waals surface area contributed by atoms with E-state index in [0.717, 1.165) is 87.6 Å². The normalized spacial score (nSPS) is 12.0. The summed E-state index contributed by atoms with van der Waals surface area (Å²) in [6, 6.07) is 49.5. The molecule has 11 aromatic rings. The highest BCUT2D eigenvalue weighted by molar-refractivity contribution is 6.31. The summed E-state index contributed by atoms with van der Waals surface area (Å²) >= 11 is 0. The van der Waals surface area contributed by atoms with E-state index in [-0.39, 0.29) is 0 Å². The van der Waals surface area contributed by atoms with Crippen molar-refractivity contribution in [1.82, 2.24) is 19.9 Å². The average molecular weight is 641 g/mol. The van der Waals surface area contributed by atoms with Gasteiger partial charge in [0.05, 0.1) is 0 Å². The number of oxazole rings is 1. The molecule has 3 aromatic heterocycles. The Kier molecular flexibility index (Phi) is 5.57. The predicted octanol–water partition coefficient (Wildman–Crippen LogP) is 11.5. The lowest BCUT2D eigenvalue weighted by molar-refractivity contribution is 0.623. The van der Waals surface area contributed by atoms with Crippen molar-refractivity contribution in [3.05, 3.63) is 146 Å². The lowest BCUT2D eigenvalue weighted by atomic mass is 9.98. The van der Waals surface area contributed by atoms with Gasteiger partial charge in [-0.2, -0.15) is 0 Å². The number of nitrogens with zero attached hydrogens (tertiary/aromatic N) is 4. The fraction of sp³-hybridized carbons (Fsp3) is 0. The third kappa shape index (κ3) is 4.09. The Hall–Kier alpha value is -6.92. The van der Waals surface area contributed by atoms with Gasteiger partial charge in [0.15, 0.2) is 23.1 Å². The van der Waals surface area contributed by atoms with Crippen molar-refractivity contribution >= 4 is 65.4 Å². The second-order valence-corrected chi connectivity index (χ2v) is 12.7. The number of rotatable bonds is 4. The Labute approximate surface area is 284 Å². The Morgan fingerprint density at radius 3 is 1.64 bits per heavy atom. The van der Waals surface area contributed by atoms with Crippen LogP contribution in [0.25, 0.3) is 111 Å². The largest absolute Gasteiger partial charge is 0.456 e. The molecule has 6 heteroatoms. The second-order valence-electron chi connectivity index (χ2n) is 12.7. The van der Waals surface area contributed by atoms with Crippen LogP contribution in [0.1, 0.15) is 0 Å². The molecule has 0 unspecified atom stereocenters. The molecule has 0 radical (unpaired) electrons. The monoisotopic (exact) mass is 640 g/mol. The molecule has 0 bridgehead atoms. The summed E-state index contributed by atoms with van der Waals surface area (Å²) in [4.78, 5) is 20.4. The van der Waals surface area contributed by atoms with Crippen molar-refractivity contribution in [3.8, 4) is 45.6 Å². The first-order chi connectivity index (χ1) is 24.7. The van der Waals surface area contributed by atoms with Crippen LogP contribution in [0.3, 0.4) is 0 Å². The van der Waals surface area contributed by atoms with Gasteiger partial charge in [-0.05, 0) is 64.0 Å². The Morgan fingerprint density at radius 1 is 0.360 bits per heavy atom. The van der Waals surface area contributed by atoms with Crippen LogP contribution in [0.15, 0.2) is 154 Å². The summed E-state index contributed by atoms with van der Waals surface area (Å²) < 4.78 is 13.0. The van der Waals surface area contributed by atoms with E-state index in [4.69, 9.17) is 28.8 Å². The molecule has 0 aliphatic heterocycles. The number of aromatic nitrogens is 4. The third-order valence-electron chi connectivity index (χ3n) is 9.65. The lowest BCUT2D eigenvalue weighted by Crippen LogP contribution is -2.00. The zero-order valence-corrected chi connectivity index (χ0v) is 26.5. The first kappa shape index (κ1) is 27.1. The van der Waals surface area contributed by atoms with Crippen LogP contribution >= 0.6 is 0 Å². The van der Waals surface area contributed by atoms with Gasteiger partial charge in [0.2, 0.25) is 5.89 Å². The highest BCUT2D eigenvalue weighted by Gasteiger charge is 2.23. The van der Waals surface area contributed by atoms with Gasteiger partial charge in [-0.15, -0.1) is 0 Å². The van der Waals surface area contributed by atoms with Gasteiger partial charge in [-0.25, -0.2) is 19.9 Å². The van der Waals surface area contributed by atoms with Crippen LogP contribution in [0, 0.1) is 0 Å². The van der Waals surface area contributed by atoms with Crippen LogP contribution in [-0.2, 0) is 0 Å². The van der Waals surface area contributed by atoms with Crippen molar-refractivity contribution in [2.75, 3.05) is 0 Å². The number of hydrogen-bond acceptors (Lipinski definition) is 6. The van der Waals surface area contributed by atoms with Crippen LogP contribution in [0.5, 0.6) is 0 Å². The molecule has 0 atom stereocenters. The van der Waals surface area contributed by atoms with Gasteiger partial charge in [0, 0.05) is 43.8 Å². The van der Waals surface area contributed by atoms with E-state index < -0.39 is 0 Å². The smallest absolute Gasteiger partial charge is 0.227 e. The summed E-state index contributed by atoms with van der Waals surface area (Å²) in [5, 5.41) is 8.50. The molecule has 8 aromatic carbocycles. The van der Waals surface area contributed by atoms with Crippen molar-refractivity contribution in [3.63, 3.8) is 0 Å². The van der Waals surface area contributed by atoms with E-state index in [1.807, 2.05) is 72.8 Å². The summed E-state index contributed by atoms with van der Waals surface area (Å²) in [5.41, 5.74) is 6.59. The average Bonchev–Trinajstić information content (AvgIpc) is 3.81. The molecule has 50 heavy (non-hydrogen) atoms. The SMILES string of the molecule is c1ccc(-c2nc3c4cc(-c5nc(-c6ccc7ccccc7c6)nc(-c6ccc7ccccc7c6)n5)cc5oc6cccc(c3o2)c6c54)cc1. The first-order valence-electron chi connectivity index (χ1n) is 16.5. The molecule has 0 amide bonds. The Bertz CT molecular complexity index is 3010. The van der Waals surface area contributed by atoms with E-state index in [9.17, 15) is 0 Å². The standard InChI is InChI=1S/C44H24N4O2/c1-2-11-27(12-3-1)44-45-39-34-23-32(24-36-38(34)37-33(40(39)50-44)15-8-16-35(37)49-36)43-47-41(30-19-17-25-9-4-6-13-28(25)21-30)46-42(48-43)31-20-18-26-10-5-7-14-29(26)22-31/h1-24H. The molecule has 11 rings (SSSR count). The summed E-state index contributed by atoms with van der Waals surface area (Å²) in [5.74, 6) is 2.31. The molecule has 0 fully saturated rings.